The summed E-state index contributed by atoms with van der Waals surface area (Å²) in [5.41, 5.74) is 2.02. The van der Waals surface area contributed by atoms with Gasteiger partial charge in [-0.15, -0.1) is 0 Å². The number of rotatable bonds is 4. The molecule has 3 aromatic heterocycles. The van der Waals surface area contributed by atoms with Crippen LogP contribution in [-0.2, 0) is 4.79 Å². The average molecular weight is 433 g/mol. The van der Waals surface area contributed by atoms with E-state index in [-0.39, 0.29) is 11.8 Å². The smallest absolute Gasteiger partial charge is 0.258 e. The SMILES string of the molecule is Cc1c(C(=O)N2CCCC2C(=O)Nc2nc3ccccc3s2)cnn1-c1ccccn1. The normalized spacial score (nSPS) is 16.0. The van der Waals surface area contributed by atoms with Crippen LogP contribution in [0, 0.1) is 6.92 Å². The number of likely N-dealkylation sites (tertiary alicyclic amines) is 1. The van der Waals surface area contributed by atoms with E-state index in [1.807, 2.05) is 49.4 Å². The maximum Gasteiger partial charge on any atom is 0.258 e. The number of nitrogens with zero attached hydrogens (tertiary/aromatic N) is 5. The van der Waals surface area contributed by atoms with E-state index >= 15 is 0 Å². The minimum absolute atomic E-state index is 0.193. The van der Waals surface area contributed by atoms with Gasteiger partial charge in [-0.3, -0.25) is 9.59 Å². The summed E-state index contributed by atoms with van der Waals surface area (Å²) < 4.78 is 2.65. The van der Waals surface area contributed by atoms with Gasteiger partial charge in [-0.25, -0.2) is 14.6 Å². The minimum Gasteiger partial charge on any atom is -0.326 e. The molecule has 1 atom stereocenters. The van der Waals surface area contributed by atoms with Gasteiger partial charge in [-0.1, -0.05) is 29.5 Å². The van der Waals surface area contributed by atoms with E-state index in [0.29, 0.717) is 35.2 Å². The summed E-state index contributed by atoms with van der Waals surface area (Å²) in [6, 6.07) is 12.7. The second-order valence-corrected chi connectivity index (χ2v) is 8.41. The summed E-state index contributed by atoms with van der Waals surface area (Å²) in [5, 5.41) is 7.78. The maximum absolute atomic E-state index is 13.3. The number of amides is 2. The first-order valence-corrected chi connectivity index (χ1v) is 10.9. The zero-order valence-electron chi connectivity index (χ0n) is 16.9. The predicted octanol–water partition coefficient (Wildman–Crippen LogP) is 3.43. The third-order valence-electron chi connectivity index (χ3n) is 5.45. The molecule has 4 heterocycles. The number of hydrogen-bond donors (Lipinski definition) is 1. The predicted molar refractivity (Wildman–Crippen MR) is 118 cm³/mol. The van der Waals surface area contributed by atoms with Crippen LogP contribution in [0.2, 0.25) is 0 Å². The van der Waals surface area contributed by atoms with Crippen LogP contribution >= 0.6 is 11.3 Å². The third kappa shape index (κ3) is 3.57. The zero-order valence-corrected chi connectivity index (χ0v) is 17.7. The van der Waals surface area contributed by atoms with Gasteiger partial charge in [0.15, 0.2) is 10.9 Å². The number of nitrogens with one attached hydrogen (secondary N) is 1. The molecule has 1 aromatic carbocycles. The molecular weight excluding hydrogens is 412 g/mol. The second kappa shape index (κ2) is 7.92. The van der Waals surface area contributed by atoms with E-state index in [2.05, 4.69) is 20.4 Å². The first kappa shape index (κ1) is 19.4. The molecule has 0 bridgehead atoms. The van der Waals surface area contributed by atoms with Gasteiger partial charge < -0.3 is 10.2 Å². The monoisotopic (exact) mass is 432 g/mol. The van der Waals surface area contributed by atoms with Crippen molar-refractivity contribution in [1.82, 2.24) is 24.6 Å². The Bertz CT molecular complexity index is 1230. The van der Waals surface area contributed by atoms with Crippen LogP contribution in [0.3, 0.4) is 0 Å². The van der Waals surface area contributed by atoms with Gasteiger partial charge in [-0.05, 0) is 44.0 Å². The number of benzene rings is 1. The quantitative estimate of drug-likeness (QED) is 0.533. The molecule has 1 N–H and O–H groups in total. The Morgan fingerprint density at radius 3 is 2.81 bits per heavy atom. The Morgan fingerprint density at radius 1 is 1.16 bits per heavy atom. The number of anilines is 1. The van der Waals surface area contributed by atoms with E-state index < -0.39 is 6.04 Å². The van der Waals surface area contributed by atoms with Crippen molar-refractivity contribution in [2.24, 2.45) is 0 Å². The van der Waals surface area contributed by atoms with Gasteiger partial charge in [-0.2, -0.15) is 5.10 Å². The van der Waals surface area contributed by atoms with Crippen molar-refractivity contribution in [1.29, 1.82) is 0 Å². The van der Waals surface area contributed by atoms with E-state index in [1.165, 1.54) is 11.3 Å². The zero-order chi connectivity index (χ0) is 21.4. The first-order valence-electron chi connectivity index (χ1n) is 10.1. The molecule has 1 aliphatic heterocycles. The molecule has 2 amide bonds. The highest BCUT2D eigenvalue weighted by atomic mass is 32.1. The molecule has 1 unspecified atom stereocenters. The van der Waals surface area contributed by atoms with Crippen molar-refractivity contribution < 1.29 is 9.59 Å². The molecule has 4 aromatic rings. The summed E-state index contributed by atoms with van der Waals surface area (Å²) in [6.45, 7) is 2.37. The molecule has 0 radical (unpaired) electrons. The number of aromatic nitrogens is 4. The van der Waals surface area contributed by atoms with Crippen LogP contribution < -0.4 is 5.32 Å². The number of pyridine rings is 1. The van der Waals surface area contributed by atoms with Crippen molar-refractivity contribution in [3.8, 4) is 5.82 Å². The third-order valence-corrected chi connectivity index (χ3v) is 6.40. The number of para-hydroxylation sites is 1. The Balaban J connectivity index is 1.35. The molecule has 1 saturated heterocycles. The molecular formula is C22H20N6O2S. The van der Waals surface area contributed by atoms with Gasteiger partial charge in [0.1, 0.15) is 6.04 Å². The van der Waals surface area contributed by atoms with Crippen LogP contribution in [0.4, 0.5) is 5.13 Å². The van der Waals surface area contributed by atoms with E-state index in [1.54, 1.807) is 22.0 Å². The fraction of sp³-hybridized carbons (Fsp3) is 0.227. The highest BCUT2D eigenvalue weighted by molar-refractivity contribution is 7.22. The summed E-state index contributed by atoms with van der Waals surface area (Å²) in [4.78, 5) is 36.7. The Kier molecular flexibility index (Phi) is 4.95. The molecule has 9 heteroatoms. The summed E-state index contributed by atoms with van der Waals surface area (Å²) in [5.74, 6) is 0.243. The molecule has 1 aliphatic rings. The van der Waals surface area contributed by atoms with Gasteiger partial charge in [0, 0.05) is 12.7 Å². The minimum atomic E-state index is -0.530. The maximum atomic E-state index is 13.3. The van der Waals surface area contributed by atoms with Crippen LogP contribution in [0.5, 0.6) is 0 Å². The number of thiazole rings is 1. The Morgan fingerprint density at radius 2 is 2.00 bits per heavy atom. The van der Waals surface area contributed by atoms with Crippen molar-refractivity contribution in [2.75, 3.05) is 11.9 Å². The van der Waals surface area contributed by atoms with Crippen LogP contribution in [0.25, 0.3) is 16.0 Å². The van der Waals surface area contributed by atoms with Crippen molar-refractivity contribution >= 4 is 38.5 Å². The topological polar surface area (TPSA) is 93.0 Å². The number of fused-ring (bicyclic) bond motifs is 1. The fourth-order valence-corrected chi connectivity index (χ4v) is 4.75. The van der Waals surface area contributed by atoms with Gasteiger partial charge in [0.05, 0.1) is 27.7 Å². The van der Waals surface area contributed by atoms with Crippen LogP contribution in [-0.4, -0.2) is 49.0 Å². The van der Waals surface area contributed by atoms with E-state index in [4.69, 9.17) is 0 Å². The van der Waals surface area contributed by atoms with E-state index in [9.17, 15) is 9.59 Å². The highest BCUT2D eigenvalue weighted by Gasteiger charge is 2.36. The second-order valence-electron chi connectivity index (χ2n) is 7.38. The molecule has 5 rings (SSSR count). The van der Waals surface area contributed by atoms with Crippen molar-refractivity contribution in [2.45, 2.75) is 25.8 Å². The summed E-state index contributed by atoms with van der Waals surface area (Å²) in [7, 11) is 0. The molecule has 31 heavy (non-hydrogen) atoms. The molecule has 156 valence electrons. The largest absolute Gasteiger partial charge is 0.326 e. The average Bonchev–Trinajstić information content (AvgIpc) is 3.51. The molecule has 1 fully saturated rings. The molecule has 0 saturated carbocycles. The number of carbonyl (C=O) groups excluding carboxylic acids is 2. The van der Waals surface area contributed by atoms with Crippen molar-refractivity contribution in [3.63, 3.8) is 0 Å². The highest BCUT2D eigenvalue weighted by Crippen LogP contribution is 2.27. The van der Waals surface area contributed by atoms with Crippen LogP contribution in [0.1, 0.15) is 28.9 Å². The van der Waals surface area contributed by atoms with Gasteiger partial charge in [0.25, 0.3) is 5.91 Å². The lowest BCUT2D eigenvalue weighted by atomic mass is 10.1. The lowest BCUT2D eigenvalue weighted by molar-refractivity contribution is -0.119. The Hall–Kier alpha value is -3.59. The van der Waals surface area contributed by atoms with Crippen LogP contribution in [0.15, 0.2) is 54.9 Å². The summed E-state index contributed by atoms with van der Waals surface area (Å²) >= 11 is 1.43. The standard InChI is InChI=1S/C22H20N6O2S/c1-14-15(13-24-28(14)19-10-4-5-11-23-19)21(30)27-12-6-8-17(27)20(29)26-22-25-16-7-2-3-9-18(16)31-22/h2-5,7,9-11,13,17H,6,8,12H2,1H3,(H,25,26,29). The fourth-order valence-electron chi connectivity index (χ4n) is 3.88. The molecule has 0 spiro atoms. The van der Waals surface area contributed by atoms with E-state index in [0.717, 1.165) is 16.6 Å². The van der Waals surface area contributed by atoms with Gasteiger partial charge >= 0.3 is 0 Å². The number of hydrogen-bond acceptors (Lipinski definition) is 6. The number of carbonyl (C=O) groups is 2. The first-order chi connectivity index (χ1) is 15.1. The lowest BCUT2D eigenvalue weighted by Crippen LogP contribution is -2.43. The summed E-state index contributed by atoms with van der Waals surface area (Å²) in [6.07, 6.45) is 4.63. The Labute approximate surface area is 182 Å². The van der Waals surface area contributed by atoms with Gasteiger partial charge in [0.2, 0.25) is 5.91 Å². The lowest BCUT2D eigenvalue weighted by Gasteiger charge is -2.23. The molecule has 8 nitrogen and oxygen atoms in total. The molecule has 0 aliphatic carbocycles. The van der Waals surface area contributed by atoms with Crippen molar-refractivity contribution in [3.05, 3.63) is 66.1 Å².